The molecular weight excluding hydrogens is 480 g/mol. The van der Waals surface area contributed by atoms with Crippen LogP contribution in [0.15, 0.2) is 27.3 Å². The molecular formula is C16H16N8O5S3. The molecule has 2 aromatic rings. The molecule has 2 aliphatic heterocycles. The third-order valence-electron chi connectivity index (χ3n) is 4.60. The van der Waals surface area contributed by atoms with Gasteiger partial charge in [0.15, 0.2) is 10.8 Å². The third kappa shape index (κ3) is 4.15. The van der Waals surface area contributed by atoms with Gasteiger partial charge in [0, 0.05) is 28.2 Å². The Hall–Kier alpha value is -3.11. The number of aryl methyl sites for hydroxylation is 1. The first-order valence-electron chi connectivity index (χ1n) is 9.03. The predicted molar refractivity (Wildman–Crippen MR) is 117 cm³/mol. The van der Waals surface area contributed by atoms with Gasteiger partial charge in [0.25, 0.3) is 11.8 Å². The highest BCUT2D eigenvalue weighted by atomic mass is 32.2. The van der Waals surface area contributed by atoms with E-state index in [1.165, 1.54) is 33.8 Å². The number of carbonyl (C=O) groups is 3. The summed E-state index contributed by atoms with van der Waals surface area (Å²) in [6, 6.07) is -0.962. The number of rotatable bonds is 8. The first kappa shape index (κ1) is 22.1. The van der Waals surface area contributed by atoms with Gasteiger partial charge in [-0.1, -0.05) is 5.16 Å². The summed E-state index contributed by atoms with van der Waals surface area (Å²) >= 11 is 3.75. The molecule has 1 fully saturated rings. The molecule has 0 aromatic carbocycles. The molecule has 1 saturated heterocycles. The standard InChI is InChI=1S/C16H16N8O5S3/c17-16-19-7(4-32-16)9(22-29)12(25)20-10-13(26)24-11(15(27)28)8(5-31-14(10)24)30-2-1-6-3-18-23-21-6/h3-4,10,14,29H,1-2,5H2,(H2,17,19)(H,20,25)(H,27,28)(H,18,21,23)/b22-9-/t10-,14-/m1/s1. The second kappa shape index (κ2) is 9.17. The number of nitrogens with zero attached hydrogens (tertiary/aromatic N) is 5. The number of amides is 2. The van der Waals surface area contributed by atoms with Crippen molar-refractivity contribution in [2.24, 2.45) is 5.16 Å². The number of carbonyl (C=O) groups excluding carboxylic acids is 2. The molecule has 2 aromatic heterocycles. The van der Waals surface area contributed by atoms with Gasteiger partial charge in [-0.25, -0.2) is 9.78 Å². The molecule has 2 atom stereocenters. The number of carboxylic acid groups (broad SMARTS) is 1. The number of aliphatic carboxylic acids is 1. The van der Waals surface area contributed by atoms with Gasteiger partial charge in [0.05, 0.1) is 11.9 Å². The van der Waals surface area contributed by atoms with Crippen LogP contribution in [0.2, 0.25) is 0 Å². The fraction of sp³-hybridized carbons (Fsp3) is 0.312. The molecule has 32 heavy (non-hydrogen) atoms. The van der Waals surface area contributed by atoms with Crippen LogP contribution >= 0.6 is 34.9 Å². The summed E-state index contributed by atoms with van der Waals surface area (Å²) in [5, 5.41) is 35.6. The number of nitrogens with two attached hydrogens (primary N) is 1. The fourth-order valence-electron chi connectivity index (χ4n) is 3.15. The van der Waals surface area contributed by atoms with Crippen LogP contribution in [-0.4, -0.2) is 82.0 Å². The van der Waals surface area contributed by atoms with Gasteiger partial charge in [0.2, 0.25) is 0 Å². The normalized spacial score (nSPS) is 20.7. The summed E-state index contributed by atoms with van der Waals surface area (Å²) in [5.74, 6) is -1.65. The predicted octanol–water partition coefficient (Wildman–Crippen LogP) is -0.306. The summed E-state index contributed by atoms with van der Waals surface area (Å²) in [4.78, 5) is 42.8. The second-order valence-corrected chi connectivity index (χ2v) is 9.70. The number of β-lactam (4-membered cyclic amide) rings is 1. The van der Waals surface area contributed by atoms with E-state index < -0.39 is 29.2 Å². The number of anilines is 1. The quantitative estimate of drug-likeness (QED) is 0.139. The maximum atomic E-state index is 12.7. The van der Waals surface area contributed by atoms with Gasteiger partial charge in [-0.15, -0.1) is 34.9 Å². The van der Waals surface area contributed by atoms with E-state index in [1.807, 2.05) is 0 Å². The van der Waals surface area contributed by atoms with E-state index in [-0.39, 0.29) is 22.2 Å². The highest BCUT2D eigenvalue weighted by molar-refractivity contribution is 8.06. The first-order valence-corrected chi connectivity index (χ1v) is 11.9. The number of carboxylic acids is 1. The number of aromatic amines is 1. The first-order chi connectivity index (χ1) is 15.4. The topological polar surface area (TPSA) is 200 Å². The highest BCUT2D eigenvalue weighted by Crippen LogP contribution is 2.43. The third-order valence-corrected chi connectivity index (χ3v) is 7.83. The Kier molecular flexibility index (Phi) is 6.33. The van der Waals surface area contributed by atoms with Crippen molar-refractivity contribution < 1.29 is 24.7 Å². The molecule has 0 spiro atoms. The van der Waals surface area contributed by atoms with E-state index in [9.17, 15) is 24.7 Å². The van der Waals surface area contributed by atoms with Crippen LogP contribution in [0, 0.1) is 0 Å². The number of fused-ring (bicyclic) bond motifs is 1. The lowest BCUT2D eigenvalue weighted by molar-refractivity contribution is -0.150. The number of aromatic nitrogens is 4. The van der Waals surface area contributed by atoms with Crippen molar-refractivity contribution >= 4 is 63.5 Å². The molecule has 4 rings (SSSR count). The molecule has 2 aliphatic rings. The molecule has 0 bridgehead atoms. The summed E-state index contributed by atoms with van der Waals surface area (Å²) in [6.45, 7) is 0. The Morgan fingerprint density at radius 3 is 2.91 bits per heavy atom. The smallest absolute Gasteiger partial charge is 0.353 e. The molecule has 0 aliphatic carbocycles. The minimum absolute atomic E-state index is 0.0735. The Morgan fingerprint density at radius 2 is 2.28 bits per heavy atom. The van der Waals surface area contributed by atoms with Gasteiger partial charge in [0.1, 0.15) is 22.8 Å². The molecule has 16 heteroatoms. The number of nitrogens with one attached hydrogen (secondary N) is 2. The van der Waals surface area contributed by atoms with Crippen molar-refractivity contribution in [1.29, 1.82) is 0 Å². The number of thioether (sulfide) groups is 2. The van der Waals surface area contributed by atoms with Crippen molar-refractivity contribution in [3.63, 3.8) is 0 Å². The Labute approximate surface area is 192 Å². The Morgan fingerprint density at radius 1 is 1.47 bits per heavy atom. The largest absolute Gasteiger partial charge is 0.477 e. The van der Waals surface area contributed by atoms with Gasteiger partial charge in [-0.2, -0.15) is 15.4 Å². The van der Waals surface area contributed by atoms with E-state index in [0.29, 0.717) is 22.8 Å². The monoisotopic (exact) mass is 496 g/mol. The number of H-pyrrole nitrogens is 1. The number of hydrogen-bond donors (Lipinski definition) is 5. The van der Waals surface area contributed by atoms with Gasteiger partial charge in [-0.05, 0) is 0 Å². The van der Waals surface area contributed by atoms with Crippen molar-refractivity contribution in [3.8, 4) is 0 Å². The second-order valence-electron chi connectivity index (χ2n) is 6.52. The van der Waals surface area contributed by atoms with Crippen molar-refractivity contribution in [2.45, 2.75) is 17.8 Å². The van der Waals surface area contributed by atoms with Crippen LogP contribution in [0.1, 0.15) is 11.4 Å². The van der Waals surface area contributed by atoms with Crippen LogP contribution in [0.5, 0.6) is 0 Å². The SMILES string of the molecule is Nc1nc(/C(=N/O)C(=O)N[C@@H]2C(=O)N3C(C(=O)O)=C(SCCc4cn[nH]n4)CS[C@H]23)cs1. The lowest BCUT2D eigenvalue weighted by atomic mass is 10.0. The summed E-state index contributed by atoms with van der Waals surface area (Å²) in [5.41, 5.74) is 5.90. The average molecular weight is 497 g/mol. The van der Waals surface area contributed by atoms with Crippen LogP contribution in [0.4, 0.5) is 5.13 Å². The zero-order valence-electron chi connectivity index (χ0n) is 16.1. The van der Waals surface area contributed by atoms with Gasteiger partial charge < -0.3 is 21.4 Å². The number of oxime groups is 1. The summed E-state index contributed by atoms with van der Waals surface area (Å²) < 4.78 is 0. The maximum absolute atomic E-state index is 12.7. The molecule has 0 saturated carbocycles. The number of nitrogen functional groups attached to an aromatic ring is 1. The van der Waals surface area contributed by atoms with Crippen LogP contribution in [-0.2, 0) is 20.8 Å². The summed E-state index contributed by atoms with van der Waals surface area (Å²) in [7, 11) is 0. The molecule has 0 radical (unpaired) electrons. The van der Waals surface area contributed by atoms with Crippen molar-refractivity contribution in [1.82, 2.24) is 30.6 Å². The lowest BCUT2D eigenvalue weighted by Crippen LogP contribution is -2.71. The molecule has 0 unspecified atom stereocenters. The average Bonchev–Trinajstić information content (AvgIpc) is 3.44. The Bertz CT molecular complexity index is 1110. The molecule has 6 N–H and O–H groups in total. The van der Waals surface area contributed by atoms with Crippen molar-refractivity contribution in [2.75, 3.05) is 17.2 Å². The minimum atomic E-state index is -1.21. The van der Waals surface area contributed by atoms with E-state index in [2.05, 4.69) is 30.9 Å². The molecule has 2 amide bonds. The minimum Gasteiger partial charge on any atom is -0.477 e. The zero-order chi connectivity index (χ0) is 22.8. The van der Waals surface area contributed by atoms with Crippen LogP contribution in [0.25, 0.3) is 0 Å². The number of hydrogen-bond acceptors (Lipinski definition) is 12. The van der Waals surface area contributed by atoms with Gasteiger partial charge in [-0.3, -0.25) is 14.5 Å². The van der Waals surface area contributed by atoms with Crippen molar-refractivity contribution in [3.05, 3.63) is 33.6 Å². The zero-order valence-corrected chi connectivity index (χ0v) is 18.5. The van der Waals surface area contributed by atoms with E-state index in [0.717, 1.165) is 17.0 Å². The fourth-order valence-corrected chi connectivity index (χ4v) is 6.30. The van der Waals surface area contributed by atoms with E-state index in [4.69, 9.17) is 5.73 Å². The number of thiazole rings is 1. The molecule has 4 heterocycles. The van der Waals surface area contributed by atoms with E-state index >= 15 is 0 Å². The van der Waals surface area contributed by atoms with Gasteiger partial charge >= 0.3 is 5.97 Å². The van der Waals surface area contributed by atoms with Crippen LogP contribution in [0.3, 0.4) is 0 Å². The molecule has 13 nitrogen and oxygen atoms in total. The molecule has 168 valence electrons. The van der Waals surface area contributed by atoms with Crippen LogP contribution < -0.4 is 11.1 Å². The van der Waals surface area contributed by atoms with E-state index in [1.54, 1.807) is 6.20 Å². The highest BCUT2D eigenvalue weighted by Gasteiger charge is 2.54. The maximum Gasteiger partial charge on any atom is 0.353 e. The summed E-state index contributed by atoms with van der Waals surface area (Å²) in [6.07, 6.45) is 2.18. The lowest BCUT2D eigenvalue weighted by Gasteiger charge is -2.49. The Balaban J connectivity index is 1.44.